The molecule has 0 unspecified atom stereocenters. The lowest BCUT2D eigenvalue weighted by molar-refractivity contribution is -0.138. The number of amides is 1. The van der Waals surface area contributed by atoms with Crippen molar-refractivity contribution in [1.29, 1.82) is 0 Å². The minimum absolute atomic E-state index is 0.0384. The first kappa shape index (κ1) is 26.6. The molecule has 0 radical (unpaired) electrons. The molecule has 4 aliphatic rings. The highest BCUT2D eigenvalue weighted by molar-refractivity contribution is 6.10. The van der Waals surface area contributed by atoms with Crippen molar-refractivity contribution in [3.63, 3.8) is 0 Å². The molecule has 7 nitrogen and oxygen atoms in total. The standard InChI is InChI=1S/C31H34F3N5O2/c1-28(8-4-9-28)35-15-20-12-23-24(25(13-20)31(32,33)34)16-39(26(23)40)22-7-3-6-21(14-22)30(27-37-36-19-38(27)2)17-29(18-30)10-5-11-41-29/h3,6-7,12-14,19,35H,4-5,8-11,15-18H2,1-2H3. The highest BCUT2D eigenvalue weighted by Gasteiger charge is 2.60. The van der Waals surface area contributed by atoms with Gasteiger partial charge in [0.15, 0.2) is 0 Å². The van der Waals surface area contributed by atoms with Crippen LogP contribution < -0.4 is 10.2 Å². The van der Waals surface area contributed by atoms with Gasteiger partial charge < -0.3 is 19.5 Å². The maximum absolute atomic E-state index is 14.3. The van der Waals surface area contributed by atoms with E-state index in [-0.39, 0.29) is 28.8 Å². The van der Waals surface area contributed by atoms with Crippen LogP contribution in [0, 0.1) is 0 Å². The molecule has 1 spiro atoms. The number of carbonyl (C=O) groups is 1. The minimum atomic E-state index is -4.56. The molecule has 10 heteroatoms. The summed E-state index contributed by atoms with van der Waals surface area (Å²) in [6, 6.07) is 10.5. The SMILES string of the molecule is Cn1cnnc1C1(c2cccc(N3Cc4c(cc(CNC5(C)CCC5)cc4C(F)(F)F)C3=O)c2)CC2(CCCO2)C1. The van der Waals surface area contributed by atoms with Crippen molar-refractivity contribution in [3.8, 4) is 0 Å². The van der Waals surface area contributed by atoms with Gasteiger partial charge in [-0.2, -0.15) is 13.2 Å². The van der Waals surface area contributed by atoms with E-state index in [9.17, 15) is 18.0 Å². The number of ether oxygens (including phenoxy) is 1. The lowest BCUT2D eigenvalue weighted by Gasteiger charge is -2.53. The van der Waals surface area contributed by atoms with Crippen LogP contribution in [0.15, 0.2) is 42.7 Å². The number of halogens is 3. The van der Waals surface area contributed by atoms with Gasteiger partial charge in [0, 0.05) is 37.0 Å². The summed E-state index contributed by atoms with van der Waals surface area (Å²) in [5.74, 6) is 0.416. The van der Waals surface area contributed by atoms with Gasteiger partial charge in [-0.15, -0.1) is 10.2 Å². The van der Waals surface area contributed by atoms with Gasteiger partial charge in [-0.3, -0.25) is 4.79 Å². The molecule has 216 valence electrons. The third-order valence-electron chi connectivity index (χ3n) is 9.87. The Kier molecular flexibility index (Phi) is 5.93. The summed E-state index contributed by atoms with van der Waals surface area (Å²) < 4.78 is 50.9. The number of aryl methyl sites for hydroxylation is 1. The average Bonchev–Trinajstić information content (AvgIpc) is 3.64. The molecular weight excluding hydrogens is 531 g/mol. The first-order valence-electron chi connectivity index (χ1n) is 14.4. The Morgan fingerprint density at radius 1 is 1.10 bits per heavy atom. The quantitative estimate of drug-likeness (QED) is 0.418. The second-order valence-corrected chi connectivity index (χ2v) is 12.7. The summed E-state index contributed by atoms with van der Waals surface area (Å²) in [4.78, 5) is 15.2. The zero-order valence-corrected chi connectivity index (χ0v) is 23.4. The molecule has 1 aromatic heterocycles. The highest BCUT2D eigenvalue weighted by atomic mass is 19.4. The fourth-order valence-corrected chi connectivity index (χ4v) is 7.49. The molecule has 0 atom stereocenters. The van der Waals surface area contributed by atoms with E-state index in [0.717, 1.165) is 62.9 Å². The zero-order chi connectivity index (χ0) is 28.6. The molecule has 7 rings (SSSR count). The summed E-state index contributed by atoms with van der Waals surface area (Å²) in [6.07, 6.45) is 3.73. The molecule has 1 saturated heterocycles. The van der Waals surface area contributed by atoms with Gasteiger partial charge in [0.1, 0.15) is 12.2 Å². The third-order valence-corrected chi connectivity index (χ3v) is 9.87. The van der Waals surface area contributed by atoms with Crippen LogP contribution in [0.25, 0.3) is 0 Å². The van der Waals surface area contributed by atoms with Gasteiger partial charge in [-0.05, 0) is 92.8 Å². The van der Waals surface area contributed by atoms with Crippen LogP contribution in [-0.2, 0) is 36.5 Å². The predicted molar refractivity (Wildman–Crippen MR) is 146 cm³/mol. The summed E-state index contributed by atoms with van der Waals surface area (Å²) >= 11 is 0. The molecule has 2 aliphatic heterocycles. The average molecular weight is 566 g/mol. The van der Waals surface area contributed by atoms with Crippen LogP contribution in [0.4, 0.5) is 18.9 Å². The van der Waals surface area contributed by atoms with Crippen molar-refractivity contribution in [2.75, 3.05) is 11.5 Å². The number of hydrogen-bond donors (Lipinski definition) is 1. The molecule has 3 aromatic rings. The Morgan fingerprint density at radius 2 is 1.90 bits per heavy atom. The highest BCUT2D eigenvalue weighted by Crippen LogP contribution is 2.59. The topological polar surface area (TPSA) is 72.3 Å². The summed E-state index contributed by atoms with van der Waals surface area (Å²) in [7, 11) is 1.92. The maximum atomic E-state index is 14.3. The molecule has 3 heterocycles. The monoisotopic (exact) mass is 565 g/mol. The predicted octanol–water partition coefficient (Wildman–Crippen LogP) is 5.66. The number of fused-ring (bicyclic) bond motifs is 1. The van der Waals surface area contributed by atoms with E-state index in [1.807, 2.05) is 29.8 Å². The van der Waals surface area contributed by atoms with E-state index in [0.29, 0.717) is 17.8 Å². The van der Waals surface area contributed by atoms with Crippen molar-refractivity contribution < 1.29 is 22.7 Å². The van der Waals surface area contributed by atoms with E-state index < -0.39 is 23.1 Å². The molecule has 2 saturated carbocycles. The smallest absolute Gasteiger partial charge is 0.375 e. The first-order chi connectivity index (χ1) is 19.5. The van der Waals surface area contributed by atoms with Gasteiger partial charge in [0.25, 0.3) is 5.91 Å². The number of anilines is 1. The number of rotatable bonds is 6. The second-order valence-electron chi connectivity index (χ2n) is 12.7. The van der Waals surface area contributed by atoms with Crippen molar-refractivity contribution in [1.82, 2.24) is 20.1 Å². The number of alkyl halides is 3. The van der Waals surface area contributed by atoms with Crippen LogP contribution in [0.5, 0.6) is 0 Å². The van der Waals surface area contributed by atoms with Crippen LogP contribution in [0.1, 0.15) is 90.3 Å². The maximum Gasteiger partial charge on any atom is 0.416 e. The van der Waals surface area contributed by atoms with Crippen LogP contribution >= 0.6 is 0 Å². The van der Waals surface area contributed by atoms with Crippen LogP contribution in [-0.4, -0.2) is 38.4 Å². The molecule has 2 aromatic carbocycles. The summed E-state index contributed by atoms with van der Waals surface area (Å²) in [5.41, 5.74) is 0.759. The van der Waals surface area contributed by atoms with Gasteiger partial charge in [-0.25, -0.2) is 0 Å². The minimum Gasteiger partial charge on any atom is -0.375 e. The van der Waals surface area contributed by atoms with Crippen LogP contribution in [0.3, 0.4) is 0 Å². The Bertz CT molecular complexity index is 1510. The third kappa shape index (κ3) is 4.29. The number of aromatic nitrogens is 3. The summed E-state index contributed by atoms with van der Waals surface area (Å²) in [6.45, 7) is 3.00. The van der Waals surface area contributed by atoms with E-state index in [1.165, 1.54) is 11.0 Å². The van der Waals surface area contributed by atoms with Crippen LogP contribution in [0.2, 0.25) is 0 Å². The van der Waals surface area contributed by atoms with E-state index in [4.69, 9.17) is 4.74 Å². The van der Waals surface area contributed by atoms with E-state index in [2.05, 4.69) is 22.4 Å². The second kappa shape index (κ2) is 9.13. The van der Waals surface area contributed by atoms with Crippen molar-refractivity contribution in [2.45, 2.75) is 87.7 Å². The van der Waals surface area contributed by atoms with Gasteiger partial charge in [0.2, 0.25) is 0 Å². The molecule has 1 amide bonds. The Morgan fingerprint density at radius 3 is 2.54 bits per heavy atom. The van der Waals surface area contributed by atoms with Crippen molar-refractivity contribution in [2.24, 2.45) is 7.05 Å². The Balaban J connectivity index is 1.22. The molecule has 2 aliphatic carbocycles. The number of benzene rings is 2. The normalized spacial score (nSPS) is 26.8. The number of nitrogens with zero attached hydrogens (tertiary/aromatic N) is 4. The number of hydrogen-bond acceptors (Lipinski definition) is 5. The molecule has 3 fully saturated rings. The fraction of sp³-hybridized carbons (Fsp3) is 0.516. The molecule has 0 bridgehead atoms. The van der Waals surface area contributed by atoms with Gasteiger partial charge in [-0.1, -0.05) is 12.1 Å². The number of nitrogens with one attached hydrogen (secondary N) is 1. The molecular formula is C31H34F3N5O2. The molecule has 1 N–H and O–H groups in total. The van der Waals surface area contributed by atoms with E-state index in [1.54, 1.807) is 18.5 Å². The lowest BCUT2D eigenvalue weighted by atomic mass is 9.54. The largest absolute Gasteiger partial charge is 0.416 e. The Labute approximate surface area is 237 Å². The van der Waals surface area contributed by atoms with Gasteiger partial charge >= 0.3 is 6.18 Å². The first-order valence-corrected chi connectivity index (χ1v) is 14.4. The number of carbonyl (C=O) groups excluding carboxylic acids is 1. The lowest BCUT2D eigenvalue weighted by Crippen LogP contribution is -2.56. The summed E-state index contributed by atoms with van der Waals surface area (Å²) in [5, 5.41) is 12.0. The van der Waals surface area contributed by atoms with Gasteiger partial charge in [0.05, 0.1) is 23.1 Å². The van der Waals surface area contributed by atoms with E-state index >= 15 is 0 Å². The van der Waals surface area contributed by atoms with Crippen molar-refractivity contribution >= 4 is 11.6 Å². The molecule has 41 heavy (non-hydrogen) atoms. The van der Waals surface area contributed by atoms with Crippen molar-refractivity contribution in [3.05, 3.63) is 76.4 Å². The fourth-order valence-electron chi connectivity index (χ4n) is 7.49. The Hall–Kier alpha value is -3.24. The zero-order valence-electron chi connectivity index (χ0n) is 23.4.